The Hall–Kier alpha value is -2.97. The van der Waals surface area contributed by atoms with Crippen LogP contribution in [-0.2, 0) is 25.5 Å². The van der Waals surface area contributed by atoms with Gasteiger partial charge >= 0.3 is 5.97 Å². The van der Waals surface area contributed by atoms with Gasteiger partial charge in [-0.15, -0.1) is 0 Å². The van der Waals surface area contributed by atoms with Crippen LogP contribution in [0.1, 0.15) is 25.3 Å². The number of hydrogen-bond donors (Lipinski definition) is 0. The molecule has 0 unspecified atom stereocenters. The van der Waals surface area contributed by atoms with Crippen molar-refractivity contribution in [3.8, 4) is 17.2 Å². The number of esters is 1. The maximum atomic E-state index is 12.7. The molecule has 9 nitrogen and oxygen atoms in total. The molecule has 1 fully saturated rings. The van der Waals surface area contributed by atoms with E-state index >= 15 is 0 Å². The molecule has 1 aliphatic rings. The van der Waals surface area contributed by atoms with Crippen LogP contribution in [0.2, 0.25) is 0 Å². The van der Waals surface area contributed by atoms with Gasteiger partial charge in [-0.25, -0.2) is 0 Å². The van der Waals surface area contributed by atoms with Crippen LogP contribution >= 0.6 is 0 Å². The summed E-state index contributed by atoms with van der Waals surface area (Å²) in [6.45, 7) is 3.08. The third kappa shape index (κ3) is 6.26. The SMILES string of the molecule is CCOC(=O)C1CCN(C(=O)CN(C)C(=O)Cc2cc(OC)c(OC)c(OC)c2)CC1. The van der Waals surface area contributed by atoms with Crippen LogP contribution in [0.5, 0.6) is 17.2 Å². The number of carbonyl (C=O) groups is 3. The smallest absolute Gasteiger partial charge is 0.309 e. The Labute approximate surface area is 183 Å². The van der Waals surface area contributed by atoms with E-state index in [1.807, 2.05) is 0 Å². The minimum Gasteiger partial charge on any atom is -0.493 e. The van der Waals surface area contributed by atoms with Gasteiger partial charge in [-0.1, -0.05) is 0 Å². The molecule has 0 N–H and O–H groups in total. The minimum atomic E-state index is -0.205. The molecule has 172 valence electrons. The maximum absolute atomic E-state index is 12.7. The number of nitrogens with zero attached hydrogens (tertiary/aromatic N) is 2. The molecule has 0 aliphatic carbocycles. The van der Waals surface area contributed by atoms with Crippen molar-refractivity contribution < 1.29 is 33.3 Å². The van der Waals surface area contributed by atoms with Gasteiger partial charge in [0.05, 0.1) is 46.8 Å². The first-order valence-electron chi connectivity index (χ1n) is 10.3. The number of amides is 2. The Morgan fingerprint density at radius 1 is 1.03 bits per heavy atom. The van der Waals surface area contributed by atoms with Gasteiger partial charge in [0.25, 0.3) is 0 Å². The first-order valence-corrected chi connectivity index (χ1v) is 10.3. The van der Waals surface area contributed by atoms with E-state index < -0.39 is 0 Å². The molecular formula is C22H32N2O7. The average molecular weight is 437 g/mol. The fourth-order valence-electron chi connectivity index (χ4n) is 3.56. The molecule has 0 atom stereocenters. The van der Waals surface area contributed by atoms with Crippen LogP contribution < -0.4 is 14.2 Å². The largest absolute Gasteiger partial charge is 0.493 e. The Balaban J connectivity index is 1.93. The molecule has 2 rings (SSSR count). The topological polar surface area (TPSA) is 94.6 Å². The number of rotatable bonds is 9. The van der Waals surface area contributed by atoms with E-state index in [0.717, 1.165) is 0 Å². The first-order chi connectivity index (χ1) is 14.8. The Bertz CT molecular complexity index is 763. The van der Waals surface area contributed by atoms with Crippen molar-refractivity contribution in [1.29, 1.82) is 0 Å². The molecule has 1 aromatic rings. The van der Waals surface area contributed by atoms with Crippen molar-refractivity contribution >= 4 is 17.8 Å². The van der Waals surface area contributed by atoms with Gasteiger partial charge < -0.3 is 28.7 Å². The molecule has 0 saturated carbocycles. The molecule has 0 aromatic heterocycles. The number of piperidine rings is 1. The third-order valence-electron chi connectivity index (χ3n) is 5.35. The van der Waals surface area contributed by atoms with Crippen LogP contribution in [0, 0.1) is 5.92 Å². The maximum Gasteiger partial charge on any atom is 0.309 e. The summed E-state index contributed by atoms with van der Waals surface area (Å²) < 4.78 is 21.0. The highest BCUT2D eigenvalue weighted by atomic mass is 16.5. The number of likely N-dealkylation sites (N-methyl/N-ethyl adjacent to an activating group) is 1. The summed E-state index contributed by atoms with van der Waals surface area (Å²) in [5.74, 6) is 0.680. The molecule has 9 heteroatoms. The van der Waals surface area contributed by atoms with Crippen LogP contribution in [0.15, 0.2) is 12.1 Å². The Morgan fingerprint density at radius 3 is 2.10 bits per heavy atom. The Kier molecular flexibility index (Phi) is 8.96. The summed E-state index contributed by atoms with van der Waals surface area (Å²) in [4.78, 5) is 40.2. The van der Waals surface area contributed by atoms with Crippen molar-refractivity contribution in [3.63, 3.8) is 0 Å². The first kappa shape index (κ1) is 24.3. The number of methoxy groups -OCH3 is 3. The van der Waals surface area contributed by atoms with Crippen molar-refractivity contribution in [2.45, 2.75) is 26.2 Å². The van der Waals surface area contributed by atoms with Crippen molar-refractivity contribution in [2.24, 2.45) is 5.92 Å². The van der Waals surface area contributed by atoms with Crippen molar-refractivity contribution in [3.05, 3.63) is 17.7 Å². The predicted octanol–water partition coefficient (Wildman–Crippen LogP) is 1.52. The fourth-order valence-corrected chi connectivity index (χ4v) is 3.56. The molecule has 0 bridgehead atoms. The molecule has 1 heterocycles. The van der Waals surface area contributed by atoms with Crippen LogP contribution in [0.4, 0.5) is 0 Å². The zero-order chi connectivity index (χ0) is 23.0. The van der Waals surface area contributed by atoms with Crippen LogP contribution in [0.25, 0.3) is 0 Å². The molecule has 0 radical (unpaired) electrons. The standard InChI is InChI=1S/C22H32N2O7/c1-6-31-22(27)16-7-9-24(10-8-16)20(26)14-23(2)19(25)13-15-11-17(28-3)21(30-5)18(12-15)29-4/h11-12,16H,6-10,13-14H2,1-5H3. The van der Waals surface area contributed by atoms with E-state index in [1.165, 1.54) is 26.2 Å². The number of ether oxygens (including phenoxy) is 4. The predicted molar refractivity (Wildman–Crippen MR) is 113 cm³/mol. The minimum absolute atomic E-state index is 0.0205. The van der Waals surface area contributed by atoms with Crippen LogP contribution in [-0.4, -0.2) is 82.2 Å². The monoisotopic (exact) mass is 436 g/mol. The summed E-state index contributed by atoms with van der Waals surface area (Å²) in [5.41, 5.74) is 0.689. The molecule has 1 aliphatic heterocycles. The highest BCUT2D eigenvalue weighted by molar-refractivity contribution is 5.86. The van der Waals surface area contributed by atoms with E-state index in [4.69, 9.17) is 18.9 Å². The molecule has 31 heavy (non-hydrogen) atoms. The number of carbonyl (C=O) groups excluding carboxylic acids is 3. The molecule has 1 aromatic carbocycles. The summed E-state index contributed by atoms with van der Waals surface area (Å²) in [6.07, 6.45) is 1.24. The van der Waals surface area contributed by atoms with Gasteiger partial charge in [0, 0.05) is 20.1 Å². The zero-order valence-electron chi connectivity index (χ0n) is 18.9. The summed E-state index contributed by atoms with van der Waals surface area (Å²) in [7, 11) is 6.14. The highest BCUT2D eigenvalue weighted by Crippen LogP contribution is 2.38. The van der Waals surface area contributed by atoms with E-state index in [0.29, 0.717) is 55.4 Å². The van der Waals surface area contributed by atoms with E-state index in [2.05, 4.69) is 0 Å². The van der Waals surface area contributed by atoms with Gasteiger partial charge in [-0.2, -0.15) is 0 Å². The summed E-state index contributed by atoms with van der Waals surface area (Å²) in [5, 5.41) is 0. The van der Waals surface area contributed by atoms with Gasteiger partial charge in [-0.05, 0) is 37.5 Å². The highest BCUT2D eigenvalue weighted by Gasteiger charge is 2.29. The van der Waals surface area contributed by atoms with E-state index in [1.54, 1.807) is 31.0 Å². The molecule has 1 saturated heterocycles. The number of likely N-dealkylation sites (tertiary alicyclic amines) is 1. The number of hydrogen-bond acceptors (Lipinski definition) is 7. The van der Waals surface area contributed by atoms with Crippen molar-refractivity contribution in [2.75, 3.05) is 54.6 Å². The van der Waals surface area contributed by atoms with Crippen molar-refractivity contribution in [1.82, 2.24) is 9.80 Å². The second kappa shape index (κ2) is 11.4. The van der Waals surface area contributed by atoms with Gasteiger partial charge in [0.2, 0.25) is 17.6 Å². The third-order valence-corrected chi connectivity index (χ3v) is 5.35. The number of benzene rings is 1. The lowest BCUT2D eigenvalue weighted by Gasteiger charge is -2.32. The second-order valence-electron chi connectivity index (χ2n) is 7.37. The quantitative estimate of drug-likeness (QED) is 0.542. The normalized spacial score (nSPS) is 14.0. The lowest BCUT2D eigenvalue weighted by atomic mass is 9.97. The van der Waals surface area contributed by atoms with Gasteiger partial charge in [0.1, 0.15) is 0 Å². The molecule has 0 spiro atoms. The average Bonchev–Trinajstić information content (AvgIpc) is 2.78. The van der Waals surface area contributed by atoms with Gasteiger partial charge in [0.15, 0.2) is 11.5 Å². The zero-order valence-corrected chi connectivity index (χ0v) is 18.9. The second-order valence-corrected chi connectivity index (χ2v) is 7.37. The molecular weight excluding hydrogens is 404 g/mol. The van der Waals surface area contributed by atoms with Crippen LogP contribution in [0.3, 0.4) is 0 Å². The van der Waals surface area contributed by atoms with E-state index in [9.17, 15) is 14.4 Å². The Morgan fingerprint density at radius 2 is 1.61 bits per heavy atom. The fraction of sp³-hybridized carbons (Fsp3) is 0.591. The molecule has 2 amide bonds. The summed E-state index contributed by atoms with van der Waals surface area (Å²) in [6, 6.07) is 3.43. The lowest BCUT2D eigenvalue weighted by Crippen LogP contribution is -2.45. The lowest BCUT2D eigenvalue weighted by molar-refractivity contribution is -0.151. The summed E-state index contributed by atoms with van der Waals surface area (Å²) >= 11 is 0. The van der Waals surface area contributed by atoms with Gasteiger partial charge in [-0.3, -0.25) is 14.4 Å². The van der Waals surface area contributed by atoms with E-state index in [-0.39, 0.29) is 36.7 Å².